The Morgan fingerprint density at radius 1 is 0.931 bits per heavy atom. The van der Waals surface area contributed by atoms with Gasteiger partial charge in [0.05, 0.1) is 5.56 Å². The van der Waals surface area contributed by atoms with Crippen LogP contribution in [-0.2, 0) is 0 Å². The Morgan fingerprint density at radius 2 is 1.62 bits per heavy atom. The normalized spacial score (nSPS) is 11.0. The summed E-state index contributed by atoms with van der Waals surface area (Å²) in [5, 5.41) is 0. The second-order valence-corrected chi connectivity index (χ2v) is 6.56. The lowest BCUT2D eigenvalue weighted by Crippen LogP contribution is -2.13. The number of aromatic nitrogens is 2. The van der Waals surface area contributed by atoms with Crippen LogP contribution in [0.1, 0.15) is 37.5 Å². The molecule has 0 saturated heterocycles. The molecule has 2 N–H and O–H groups in total. The van der Waals surface area contributed by atoms with E-state index in [1.165, 1.54) is 16.7 Å². The number of nitrogens with two attached hydrogens (primary N) is 1. The number of nitrogen functional groups attached to an aromatic ring is 1. The van der Waals surface area contributed by atoms with E-state index in [1.807, 2.05) is 19.1 Å². The fraction of sp³-hybridized carbons (Fsp3) is 0.0455. The highest BCUT2D eigenvalue weighted by Crippen LogP contribution is 2.24. The summed E-state index contributed by atoms with van der Waals surface area (Å²) in [6.45, 7) is 1.82. The van der Waals surface area contributed by atoms with Crippen molar-refractivity contribution in [2.24, 2.45) is 0 Å². The Bertz CT molecular complexity index is 1270. The van der Waals surface area contributed by atoms with Gasteiger partial charge in [0, 0.05) is 17.3 Å². The third kappa shape index (κ3) is 3.06. The number of ketones is 2. The highest BCUT2D eigenvalue weighted by atomic mass is 19.1. The zero-order valence-electron chi connectivity index (χ0n) is 15.3. The van der Waals surface area contributed by atoms with Gasteiger partial charge in [-0.2, -0.15) is 0 Å². The van der Waals surface area contributed by atoms with Gasteiger partial charge in [0.15, 0.2) is 11.6 Å². The van der Waals surface area contributed by atoms with Crippen LogP contribution in [0.15, 0.2) is 60.8 Å². The number of hydrogen-bond acceptors (Lipinski definition) is 4. The van der Waals surface area contributed by atoms with Crippen LogP contribution in [0.3, 0.4) is 0 Å². The molecule has 2 heterocycles. The number of rotatable bonds is 4. The molecule has 2 aromatic carbocycles. The lowest BCUT2D eigenvalue weighted by Gasteiger charge is -2.08. The number of halogens is 2. The summed E-state index contributed by atoms with van der Waals surface area (Å²) in [4.78, 5) is 29.9. The molecule has 0 fully saturated rings. The first-order valence-corrected chi connectivity index (χ1v) is 8.75. The van der Waals surface area contributed by atoms with Crippen LogP contribution in [0.4, 0.5) is 14.6 Å². The third-order valence-corrected chi connectivity index (χ3v) is 4.70. The quantitative estimate of drug-likeness (QED) is 0.534. The Hall–Kier alpha value is -3.87. The van der Waals surface area contributed by atoms with Crippen LogP contribution < -0.4 is 5.73 Å². The Balaban J connectivity index is 1.87. The molecule has 0 aliphatic rings. The molecule has 7 heteroatoms. The number of fused-ring (bicyclic) bond motifs is 1. The average Bonchev–Trinajstić information content (AvgIpc) is 3.02. The van der Waals surface area contributed by atoms with Crippen molar-refractivity contribution in [2.75, 3.05) is 5.73 Å². The van der Waals surface area contributed by atoms with E-state index < -0.39 is 23.0 Å². The maximum atomic E-state index is 14.1. The predicted octanol–water partition coefficient (Wildman–Crippen LogP) is 3.97. The van der Waals surface area contributed by atoms with Gasteiger partial charge in [0.25, 0.3) is 0 Å². The largest absolute Gasteiger partial charge is 0.382 e. The second-order valence-electron chi connectivity index (χ2n) is 6.56. The molecule has 0 atom stereocenters. The molecule has 4 rings (SSSR count). The van der Waals surface area contributed by atoms with Gasteiger partial charge in [-0.05, 0) is 36.8 Å². The van der Waals surface area contributed by atoms with Crippen molar-refractivity contribution in [3.63, 3.8) is 0 Å². The summed E-state index contributed by atoms with van der Waals surface area (Å²) in [5.41, 5.74) is 6.81. The van der Waals surface area contributed by atoms with Crippen LogP contribution in [-0.4, -0.2) is 21.0 Å². The van der Waals surface area contributed by atoms with Crippen LogP contribution in [0.5, 0.6) is 0 Å². The van der Waals surface area contributed by atoms with Crippen molar-refractivity contribution in [3.8, 4) is 0 Å². The minimum Gasteiger partial charge on any atom is -0.382 e. The molecule has 0 aliphatic carbocycles. The standard InChI is InChI=1S/C22H15F2N3O2/c1-12-5-2-3-6-14(12)20(28)13-9-10-17-26-22(25)19(27(17)11-13)21(29)18-15(23)7-4-8-16(18)24/h2-11H,25H2,1H3. The first kappa shape index (κ1) is 18.5. The SMILES string of the molecule is Cc1ccccc1C(=O)c1ccc2nc(N)c(C(=O)c3c(F)cccc3F)n2c1. The molecule has 0 amide bonds. The monoisotopic (exact) mass is 391 g/mol. The van der Waals surface area contributed by atoms with Crippen molar-refractivity contribution < 1.29 is 18.4 Å². The van der Waals surface area contributed by atoms with Gasteiger partial charge in [-0.15, -0.1) is 0 Å². The summed E-state index contributed by atoms with van der Waals surface area (Å²) < 4.78 is 29.5. The zero-order valence-corrected chi connectivity index (χ0v) is 15.3. The molecule has 0 spiro atoms. The number of imidazole rings is 1. The highest BCUT2D eigenvalue weighted by Gasteiger charge is 2.25. The van der Waals surface area contributed by atoms with E-state index in [4.69, 9.17) is 5.73 Å². The lowest BCUT2D eigenvalue weighted by molar-refractivity contribution is 0.101. The maximum Gasteiger partial charge on any atom is 0.219 e. The van der Waals surface area contributed by atoms with E-state index in [1.54, 1.807) is 18.2 Å². The smallest absolute Gasteiger partial charge is 0.219 e. The first-order valence-electron chi connectivity index (χ1n) is 8.75. The predicted molar refractivity (Wildman–Crippen MR) is 104 cm³/mol. The lowest BCUT2D eigenvalue weighted by atomic mass is 10.0. The minimum absolute atomic E-state index is 0.182. The van der Waals surface area contributed by atoms with Crippen molar-refractivity contribution in [2.45, 2.75) is 6.92 Å². The van der Waals surface area contributed by atoms with Gasteiger partial charge in [0.1, 0.15) is 23.0 Å². The molecule has 0 radical (unpaired) electrons. The highest BCUT2D eigenvalue weighted by molar-refractivity contribution is 6.12. The van der Waals surface area contributed by atoms with Crippen molar-refractivity contribution in [3.05, 3.63) is 100 Å². The van der Waals surface area contributed by atoms with Crippen molar-refractivity contribution in [1.29, 1.82) is 0 Å². The van der Waals surface area contributed by atoms with Gasteiger partial charge in [0.2, 0.25) is 5.78 Å². The van der Waals surface area contributed by atoms with Crippen molar-refractivity contribution in [1.82, 2.24) is 9.38 Å². The van der Waals surface area contributed by atoms with Gasteiger partial charge in [-0.3, -0.25) is 14.0 Å². The summed E-state index contributed by atoms with van der Waals surface area (Å²) in [6, 6.07) is 13.3. The minimum atomic E-state index is -1.00. The summed E-state index contributed by atoms with van der Waals surface area (Å²) in [6.07, 6.45) is 1.40. The van der Waals surface area contributed by atoms with Gasteiger partial charge in [-0.25, -0.2) is 13.8 Å². The molecule has 5 nitrogen and oxygen atoms in total. The Labute approximate surface area is 164 Å². The van der Waals surface area contributed by atoms with E-state index >= 15 is 0 Å². The van der Waals surface area contributed by atoms with Gasteiger partial charge >= 0.3 is 0 Å². The molecular formula is C22H15F2N3O2. The number of carbonyl (C=O) groups excluding carboxylic acids is 2. The van der Waals surface area contributed by atoms with E-state index in [2.05, 4.69) is 4.98 Å². The van der Waals surface area contributed by atoms with E-state index in [0.717, 1.165) is 23.8 Å². The Morgan fingerprint density at radius 3 is 2.31 bits per heavy atom. The van der Waals surface area contributed by atoms with E-state index in [9.17, 15) is 18.4 Å². The zero-order chi connectivity index (χ0) is 20.7. The number of benzene rings is 2. The summed E-state index contributed by atoms with van der Waals surface area (Å²) in [5.74, 6) is -3.40. The number of carbonyl (C=O) groups is 2. The fourth-order valence-corrected chi connectivity index (χ4v) is 3.24. The van der Waals surface area contributed by atoms with E-state index in [0.29, 0.717) is 5.56 Å². The number of nitrogens with zero attached hydrogens (tertiary/aromatic N) is 2. The molecular weight excluding hydrogens is 376 g/mol. The fourth-order valence-electron chi connectivity index (χ4n) is 3.24. The van der Waals surface area contributed by atoms with Crippen LogP contribution in [0.25, 0.3) is 5.65 Å². The number of aryl methyl sites for hydroxylation is 1. The van der Waals surface area contributed by atoms with E-state index in [-0.39, 0.29) is 28.5 Å². The molecule has 0 aliphatic heterocycles. The molecule has 29 heavy (non-hydrogen) atoms. The Kier molecular flexibility index (Phi) is 4.43. The number of anilines is 1. The van der Waals surface area contributed by atoms with Gasteiger partial charge in [-0.1, -0.05) is 30.3 Å². The van der Waals surface area contributed by atoms with Crippen LogP contribution >= 0.6 is 0 Å². The maximum absolute atomic E-state index is 14.1. The summed E-state index contributed by atoms with van der Waals surface area (Å²) in [7, 11) is 0. The average molecular weight is 391 g/mol. The summed E-state index contributed by atoms with van der Waals surface area (Å²) >= 11 is 0. The molecule has 0 saturated carbocycles. The topological polar surface area (TPSA) is 77.5 Å². The molecule has 0 unspecified atom stereocenters. The molecule has 144 valence electrons. The number of hydrogen-bond donors (Lipinski definition) is 1. The second kappa shape index (κ2) is 6.94. The molecule has 4 aromatic rings. The molecule has 0 bridgehead atoms. The molecule has 2 aromatic heterocycles. The van der Waals surface area contributed by atoms with Crippen LogP contribution in [0, 0.1) is 18.6 Å². The van der Waals surface area contributed by atoms with Crippen molar-refractivity contribution >= 4 is 23.0 Å². The number of pyridine rings is 1. The third-order valence-electron chi connectivity index (χ3n) is 4.70. The van der Waals surface area contributed by atoms with Gasteiger partial charge < -0.3 is 5.73 Å². The van der Waals surface area contributed by atoms with Crippen LogP contribution in [0.2, 0.25) is 0 Å². The first-order chi connectivity index (χ1) is 13.9.